The van der Waals surface area contributed by atoms with Crippen molar-refractivity contribution in [2.45, 2.75) is 34.1 Å². The van der Waals surface area contributed by atoms with Crippen LogP contribution in [0.5, 0.6) is 0 Å². The molecule has 1 aliphatic rings. The zero-order valence-corrected chi connectivity index (χ0v) is 11.7. The van der Waals surface area contributed by atoms with Crippen molar-refractivity contribution in [3.63, 3.8) is 0 Å². The molecule has 0 bridgehead atoms. The van der Waals surface area contributed by atoms with E-state index >= 15 is 0 Å². The Balaban J connectivity index is 2.36. The number of hydrogen-bond acceptors (Lipinski definition) is 3. The van der Waals surface area contributed by atoms with Crippen LogP contribution in [0.1, 0.15) is 31.4 Å². The Morgan fingerprint density at radius 3 is 2.63 bits per heavy atom. The zero-order chi connectivity index (χ0) is 14.2. The molecule has 0 aliphatic carbocycles. The van der Waals surface area contributed by atoms with E-state index < -0.39 is 5.92 Å². The molecule has 1 aliphatic heterocycles. The van der Waals surface area contributed by atoms with Gasteiger partial charge in [0, 0.05) is 12.1 Å². The molecule has 1 aromatic rings. The first kappa shape index (κ1) is 13.5. The van der Waals surface area contributed by atoms with Crippen LogP contribution in [0.3, 0.4) is 0 Å². The fraction of sp³-hybridized carbons (Fsp3) is 0.400. The Morgan fingerprint density at radius 2 is 2.00 bits per heavy atom. The van der Waals surface area contributed by atoms with E-state index in [4.69, 9.17) is 0 Å². The molecule has 0 radical (unpaired) electrons. The number of rotatable bonds is 3. The SMILES string of the molecule is CC(=O)CC1C(=O)N(c2cccc(C)c2C)N=C1C. The molecular formula is C15H18N2O2. The minimum absolute atomic E-state index is 0.00992. The second kappa shape index (κ2) is 4.96. The molecular weight excluding hydrogens is 240 g/mol. The molecule has 100 valence electrons. The van der Waals surface area contributed by atoms with Crippen molar-refractivity contribution < 1.29 is 9.59 Å². The minimum Gasteiger partial charge on any atom is -0.300 e. The molecule has 1 aromatic carbocycles. The monoisotopic (exact) mass is 258 g/mol. The number of hydrazone groups is 1. The van der Waals surface area contributed by atoms with E-state index in [0.717, 1.165) is 16.8 Å². The van der Waals surface area contributed by atoms with E-state index in [9.17, 15) is 9.59 Å². The molecule has 0 aromatic heterocycles. The average Bonchev–Trinajstić information content (AvgIpc) is 2.60. The summed E-state index contributed by atoms with van der Waals surface area (Å²) >= 11 is 0. The van der Waals surface area contributed by atoms with Crippen LogP contribution < -0.4 is 5.01 Å². The number of ketones is 1. The average molecular weight is 258 g/mol. The normalized spacial score (nSPS) is 18.7. The molecule has 2 rings (SSSR count). The van der Waals surface area contributed by atoms with Crippen LogP contribution >= 0.6 is 0 Å². The fourth-order valence-electron chi connectivity index (χ4n) is 2.26. The number of aryl methyl sites for hydroxylation is 1. The second-order valence-corrected chi connectivity index (χ2v) is 5.07. The number of carbonyl (C=O) groups excluding carboxylic acids is 2. The first-order valence-corrected chi connectivity index (χ1v) is 6.36. The van der Waals surface area contributed by atoms with Gasteiger partial charge in [-0.15, -0.1) is 0 Å². The zero-order valence-electron chi connectivity index (χ0n) is 11.7. The molecule has 4 heteroatoms. The lowest BCUT2D eigenvalue weighted by Gasteiger charge is -2.17. The Morgan fingerprint density at radius 1 is 1.32 bits per heavy atom. The predicted molar refractivity (Wildman–Crippen MR) is 75.3 cm³/mol. The first-order valence-electron chi connectivity index (χ1n) is 6.36. The summed E-state index contributed by atoms with van der Waals surface area (Å²) in [4.78, 5) is 23.6. The quantitative estimate of drug-likeness (QED) is 0.836. The van der Waals surface area contributed by atoms with Gasteiger partial charge in [0.05, 0.1) is 11.6 Å². The van der Waals surface area contributed by atoms with Crippen molar-refractivity contribution in [1.29, 1.82) is 0 Å². The van der Waals surface area contributed by atoms with E-state index in [1.165, 1.54) is 11.9 Å². The molecule has 19 heavy (non-hydrogen) atoms. The largest absolute Gasteiger partial charge is 0.300 e. The number of anilines is 1. The minimum atomic E-state index is -0.405. The summed E-state index contributed by atoms with van der Waals surface area (Å²) < 4.78 is 0. The first-order chi connectivity index (χ1) is 8.91. The number of Topliss-reactive ketones (excluding diaryl/α,β-unsaturated/α-hetero) is 1. The van der Waals surface area contributed by atoms with Gasteiger partial charge in [-0.2, -0.15) is 10.1 Å². The van der Waals surface area contributed by atoms with Crippen LogP contribution in [0.15, 0.2) is 23.3 Å². The van der Waals surface area contributed by atoms with Crippen molar-refractivity contribution >= 4 is 23.1 Å². The predicted octanol–water partition coefficient (Wildman–Crippen LogP) is 2.62. The van der Waals surface area contributed by atoms with Crippen LogP contribution in [0.2, 0.25) is 0 Å². The number of carbonyl (C=O) groups is 2. The molecule has 0 spiro atoms. The van der Waals surface area contributed by atoms with E-state index in [-0.39, 0.29) is 18.1 Å². The maximum absolute atomic E-state index is 12.4. The number of nitrogens with zero attached hydrogens (tertiary/aromatic N) is 2. The lowest BCUT2D eigenvalue weighted by molar-refractivity contribution is -0.124. The third kappa shape index (κ3) is 2.43. The molecule has 0 fully saturated rings. The van der Waals surface area contributed by atoms with E-state index in [2.05, 4.69) is 5.10 Å². The van der Waals surface area contributed by atoms with Gasteiger partial charge in [-0.1, -0.05) is 12.1 Å². The molecule has 1 heterocycles. The lowest BCUT2D eigenvalue weighted by atomic mass is 9.98. The van der Waals surface area contributed by atoms with Gasteiger partial charge in [0.2, 0.25) is 0 Å². The van der Waals surface area contributed by atoms with E-state index in [1.54, 1.807) is 6.92 Å². The fourth-order valence-corrected chi connectivity index (χ4v) is 2.26. The van der Waals surface area contributed by atoms with Crippen LogP contribution in [-0.2, 0) is 9.59 Å². The van der Waals surface area contributed by atoms with Crippen molar-refractivity contribution in [3.05, 3.63) is 29.3 Å². The third-order valence-corrected chi connectivity index (χ3v) is 3.56. The Labute approximate surface area is 113 Å². The Kier molecular flexibility index (Phi) is 3.51. The van der Waals surface area contributed by atoms with Gasteiger partial charge in [-0.25, -0.2) is 0 Å². The summed E-state index contributed by atoms with van der Waals surface area (Å²) in [5, 5.41) is 5.76. The number of benzene rings is 1. The third-order valence-electron chi connectivity index (χ3n) is 3.56. The summed E-state index contributed by atoms with van der Waals surface area (Å²) in [6.07, 6.45) is 0.232. The van der Waals surface area contributed by atoms with Gasteiger partial charge in [-0.3, -0.25) is 9.59 Å². The van der Waals surface area contributed by atoms with Crippen molar-refractivity contribution in [1.82, 2.24) is 0 Å². The topological polar surface area (TPSA) is 49.7 Å². The van der Waals surface area contributed by atoms with Crippen molar-refractivity contribution in [2.24, 2.45) is 11.0 Å². The molecule has 0 N–H and O–H groups in total. The van der Waals surface area contributed by atoms with Gasteiger partial charge in [0.1, 0.15) is 5.78 Å². The van der Waals surface area contributed by atoms with Crippen LogP contribution in [0, 0.1) is 19.8 Å². The highest BCUT2D eigenvalue weighted by Gasteiger charge is 2.35. The van der Waals surface area contributed by atoms with Crippen LogP contribution in [0.25, 0.3) is 0 Å². The van der Waals surface area contributed by atoms with Gasteiger partial charge < -0.3 is 0 Å². The number of amides is 1. The molecule has 1 amide bonds. The van der Waals surface area contributed by atoms with Gasteiger partial charge in [0.25, 0.3) is 5.91 Å². The smallest absolute Gasteiger partial charge is 0.256 e. The summed E-state index contributed by atoms with van der Waals surface area (Å²) in [7, 11) is 0. The Hall–Kier alpha value is -1.97. The highest BCUT2D eigenvalue weighted by Crippen LogP contribution is 2.29. The van der Waals surface area contributed by atoms with Crippen molar-refractivity contribution in [2.75, 3.05) is 5.01 Å². The van der Waals surface area contributed by atoms with Gasteiger partial charge >= 0.3 is 0 Å². The summed E-state index contributed by atoms with van der Waals surface area (Å²) in [6, 6.07) is 5.80. The van der Waals surface area contributed by atoms with Crippen LogP contribution in [0.4, 0.5) is 5.69 Å². The lowest BCUT2D eigenvalue weighted by Crippen LogP contribution is -2.28. The van der Waals surface area contributed by atoms with Crippen LogP contribution in [-0.4, -0.2) is 17.4 Å². The van der Waals surface area contributed by atoms with Crippen molar-refractivity contribution in [3.8, 4) is 0 Å². The standard InChI is InChI=1S/C15H18N2O2/c1-9-6-5-7-14(11(9)3)17-15(19)13(8-10(2)18)12(4)16-17/h5-7,13H,8H2,1-4H3. The molecule has 0 saturated heterocycles. The summed E-state index contributed by atoms with van der Waals surface area (Å²) in [5.41, 5.74) is 3.67. The summed E-state index contributed by atoms with van der Waals surface area (Å²) in [5.74, 6) is -0.505. The maximum Gasteiger partial charge on any atom is 0.256 e. The van der Waals surface area contributed by atoms with E-state index in [1.807, 2.05) is 32.0 Å². The highest BCUT2D eigenvalue weighted by atomic mass is 16.2. The maximum atomic E-state index is 12.4. The Bertz CT molecular complexity index is 576. The molecule has 1 atom stereocenters. The molecule has 1 unspecified atom stereocenters. The van der Waals surface area contributed by atoms with Gasteiger partial charge in [-0.05, 0) is 44.9 Å². The summed E-state index contributed by atoms with van der Waals surface area (Å²) in [6.45, 7) is 7.28. The molecule has 4 nitrogen and oxygen atoms in total. The highest BCUT2D eigenvalue weighted by molar-refractivity contribution is 6.16. The van der Waals surface area contributed by atoms with Gasteiger partial charge in [0.15, 0.2) is 0 Å². The number of hydrogen-bond donors (Lipinski definition) is 0. The second-order valence-electron chi connectivity index (χ2n) is 5.07. The van der Waals surface area contributed by atoms with E-state index in [0.29, 0.717) is 5.71 Å². The molecule has 0 saturated carbocycles.